The van der Waals surface area contributed by atoms with Gasteiger partial charge in [0.25, 0.3) is 0 Å². The van der Waals surface area contributed by atoms with Gasteiger partial charge >= 0.3 is 0 Å². The van der Waals surface area contributed by atoms with Crippen molar-refractivity contribution in [1.29, 1.82) is 0 Å². The molecule has 2 atom stereocenters. The first kappa shape index (κ1) is 15.3. The van der Waals surface area contributed by atoms with Crippen molar-refractivity contribution in [1.82, 2.24) is 5.32 Å². The zero-order chi connectivity index (χ0) is 14.8. The molecule has 1 aromatic carbocycles. The Bertz CT molecular complexity index is 577. The van der Waals surface area contributed by atoms with E-state index in [-0.39, 0.29) is 24.4 Å². The first-order valence-corrected chi connectivity index (χ1v) is 8.17. The molecule has 0 spiro atoms. The number of halogens is 2. The van der Waals surface area contributed by atoms with Gasteiger partial charge < -0.3 is 10.4 Å². The molecule has 1 aliphatic rings. The van der Waals surface area contributed by atoms with E-state index < -0.39 is 32.8 Å². The van der Waals surface area contributed by atoms with Gasteiger partial charge in [-0.05, 0) is 18.9 Å². The summed E-state index contributed by atoms with van der Waals surface area (Å²) in [7, 11) is -3.03. The number of rotatable bonds is 5. The van der Waals surface area contributed by atoms with E-state index in [1.807, 2.05) is 0 Å². The second-order valence-electron chi connectivity index (χ2n) is 4.97. The fourth-order valence-corrected chi connectivity index (χ4v) is 4.15. The SMILES string of the molecule is O=S1(=O)CCCC1CNCC(O)c1ccc(F)cc1F. The molecule has 0 amide bonds. The number of hydrogen-bond donors (Lipinski definition) is 2. The molecule has 0 aliphatic carbocycles. The average Bonchev–Trinajstić information content (AvgIpc) is 2.68. The van der Waals surface area contributed by atoms with Crippen LogP contribution in [0.4, 0.5) is 8.78 Å². The maximum Gasteiger partial charge on any atom is 0.154 e. The van der Waals surface area contributed by atoms with Crippen LogP contribution in [0.1, 0.15) is 24.5 Å². The second-order valence-corrected chi connectivity index (χ2v) is 7.37. The smallest absolute Gasteiger partial charge is 0.154 e. The van der Waals surface area contributed by atoms with Crippen molar-refractivity contribution < 1.29 is 22.3 Å². The number of hydrogen-bond acceptors (Lipinski definition) is 4. The molecule has 0 radical (unpaired) electrons. The minimum Gasteiger partial charge on any atom is -0.387 e. The number of aliphatic hydroxyl groups excluding tert-OH is 1. The standard InChI is InChI=1S/C13H17F2NO3S/c14-9-3-4-11(12(15)6-9)13(17)8-16-7-10-2-1-5-20(10,18)19/h3-4,6,10,13,16-17H,1-2,5,7-8H2. The van der Waals surface area contributed by atoms with Crippen molar-refractivity contribution in [2.45, 2.75) is 24.2 Å². The van der Waals surface area contributed by atoms with Crippen LogP contribution in [0.2, 0.25) is 0 Å². The largest absolute Gasteiger partial charge is 0.387 e. The van der Waals surface area contributed by atoms with Crippen molar-refractivity contribution >= 4 is 9.84 Å². The third-order valence-corrected chi connectivity index (χ3v) is 5.77. The predicted molar refractivity (Wildman–Crippen MR) is 71.0 cm³/mol. The Morgan fingerprint density at radius 3 is 2.75 bits per heavy atom. The lowest BCUT2D eigenvalue weighted by Crippen LogP contribution is -2.33. The van der Waals surface area contributed by atoms with Gasteiger partial charge in [-0.25, -0.2) is 17.2 Å². The van der Waals surface area contributed by atoms with Gasteiger partial charge in [0.2, 0.25) is 0 Å². The lowest BCUT2D eigenvalue weighted by atomic mass is 10.1. The maximum atomic E-state index is 13.4. The summed E-state index contributed by atoms with van der Waals surface area (Å²) in [6, 6.07) is 2.96. The lowest BCUT2D eigenvalue weighted by Gasteiger charge is -2.15. The molecule has 7 heteroatoms. The normalized spacial score (nSPS) is 22.9. The Kier molecular flexibility index (Phi) is 4.72. The van der Waals surface area contributed by atoms with Crippen molar-refractivity contribution in [2.24, 2.45) is 0 Å². The summed E-state index contributed by atoms with van der Waals surface area (Å²) in [6.45, 7) is 0.261. The number of aliphatic hydroxyl groups is 1. The number of nitrogens with one attached hydrogen (secondary N) is 1. The molecule has 0 bridgehead atoms. The fraction of sp³-hybridized carbons (Fsp3) is 0.538. The highest BCUT2D eigenvalue weighted by Gasteiger charge is 2.30. The van der Waals surface area contributed by atoms with Crippen LogP contribution >= 0.6 is 0 Å². The van der Waals surface area contributed by atoms with Gasteiger partial charge in [0, 0.05) is 24.7 Å². The van der Waals surface area contributed by atoms with Gasteiger partial charge in [-0.3, -0.25) is 0 Å². The molecular weight excluding hydrogens is 288 g/mol. The predicted octanol–water partition coefficient (Wildman–Crippen LogP) is 1.16. The van der Waals surface area contributed by atoms with Crippen LogP contribution < -0.4 is 5.32 Å². The van der Waals surface area contributed by atoms with Crippen LogP contribution in [0.25, 0.3) is 0 Å². The monoisotopic (exact) mass is 305 g/mol. The molecule has 4 nitrogen and oxygen atoms in total. The summed E-state index contributed by atoms with van der Waals surface area (Å²) in [5, 5.41) is 12.2. The van der Waals surface area contributed by atoms with E-state index in [9.17, 15) is 22.3 Å². The van der Waals surface area contributed by atoms with E-state index in [1.165, 1.54) is 6.07 Å². The molecule has 1 heterocycles. The van der Waals surface area contributed by atoms with Crippen LogP contribution in [0.3, 0.4) is 0 Å². The summed E-state index contributed by atoms with van der Waals surface area (Å²) < 4.78 is 49.4. The lowest BCUT2D eigenvalue weighted by molar-refractivity contribution is 0.170. The Morgan fingerprint density at radius 1 is 1.40 bits per heavy atom. The maximum absolute atomic E-state index is 13.4. The minimum atomic E-state index is -3.03. The molecular formula is C13H17F2NO3S. The van der Waals surface area contributed by atoms with Crippen molar-refractivity contribution in [3.63, 3.8) is 0 Å². The molecule has 2 unspecified atom stereocenters. The highest BCUT2D eigenvalue weighted by molar-refractivity contribution is 7.92. The van der Waals surface area contributed by atoms with E-state index in [4.69, 9.17) is 0 Å². The van der Waals surface area contributed by atoms with Crippen LogP contribution in [-0.4, -0.2) is 37.6 Å². The summed E-state index contributed by atoms with van der Waals surface area (Å²) in [5.74, 6) is -1.31. The van der Waals surface area contributed by atoms with Gasteiger partial charge in [0.1, 0.15) is 11.6 Å². The van der Waals surface area contributed by atoms with Gasteiger partial charge in [-0.2, -0.15) is 0 Å². The highest BCUT2D eigenvalue weighted by Crippen LogP contribution is 2.20. The van der Waals surface area contributed by atoms with Gasteiger partial charge in [-0.15, -0.1) is 0 Å². The van der Waals surface area contributed by atoms with Crippen LogP contribution in [0, 0.1) is 11.6 Å². The van der Waals surface area contributed by atoms with Crippen molar-refractivity contribution in [2.75, 3.05) is 18.8 Å². The number of benzene rings is 1. The zero-order valence-corrected chi connectivity index (χ0v) is 11.7. The summed E-state index contributed by atoms with van der Waals surface area (Å²) >= 11 is 0. The van der Waals surface area contributed by atoms with Gasteiger partial charge in [-0.1, -0.05) is 6.07 Å². The quantitative estimate of drug-likeness (QED) is 0.857. The van der Waals surface area contributed by atoms with E-state index in [1.54, 1.807) is 0 Å². The molecule has 2 rings (SSSR count). The van der Waals surface area contributed by atoms with Crippen LogP contribution in [-0.2, 0) is 9.84 Å². The first-order valence-electron chi connectivity index (χ1n) is 6.45. The third kappa shape index (κ3) is 3.53. The Balaban J connectivity index is 1.88. The third-order valence-electron chi connectivity index (χ3n) is 3.49. The Labute approximate surface area is 116 Å². The van der Waals surface area contributed by atoms with Crippen molar-refractivity contribution in [3.05, 3.63) is 35.4 Å². The minimum absolute atomic E-state index is 0.00632. The first-order chi connectivity index (χ1) is 9.40. The summed E-state index contributed by atoms with van der Waals surface area (Å²) in [6.07, 6.45) is 0.125. The van der Waals surface area contributed by atoms with Crippen molar-refractivity contribution in [3.8, 4) is 0 Å². The summed E-state index contributed by atoms with van der Waals surface area (Å²) in [4.78, 5) is 0. The highest BCUT2D eigenvalue weighted by atomic mass is 32.2. The molecule has 1 aromatic rings. The average molecular weight is 305 g/mol. The molecule has 1 fully saturated rings. The summed E-state index contributed by atoms with van der Waals surface area (Å²) in [5.41, 5.74) is -0.00632. The van der Waals surface area contributed by atoms with Gasteiger partial charge in [0.15, 0.2) is 9.84 Å². The molecule has 1 aliphatic heterocycles. The molecule has 0 saturated carbocycles. The Morgan fingerprint density at radius 2 is 2.15 bits per heavy atom. The molecule has 20 heavy (non-hydrogen) atoms. The molecule has 1 saturated heterocycles. The fourth-order valence-electron chi connectivity index (χ4n) is 2.35. The van der Waals surface area contributed by atoms with E-state index >= 15 is 0 Å². The zero-order valence-electron chi connectivity index (χ0n) is 10.9. The second kappa shape index (κ2) is 6.15. The Hall–Kier alpha value is -1.05. The van der Waals surface area contributed by atoms with E-state index in [0.717, 1.165) is 6.07 Å². The van der Waals surface area contributed by atoms with E-state index in [2.05, 4.69) is 5.32 Å². The molecule has 2 N–H and O–H groups in total. The molecule has 0 aromatic heterocycles. The molecule has 112 valence electrons. The van der Waals surface area contributed by atoms with Gasteiger partial charge in [0.05, 0.1) is 17.1 Å². The van der Waals surface area contributed by atoms with Crippen LogP contribution in [0.5, 0.6) is 0 Å². The van der Waals surface area contributed by atoms with E-state index in [0.29, 0.717) is 18.9 Å². The topological polar surface area (TPSA) is 66.4 Å². The van der Waals surface area contributed by atoms with Crippen LogP contribution in [0.15, 0.2) is 18.2 Å². The number of sulfone groups is 1.